The van der Waals surface area contributed by atoms with Gasteiger partial charge < -0.3 is 11.1 Å². The lowest BCUT2D eigenvalue weighted by Gasteiger charge is -2.11. The van der Waals surface area contributed by atoms with Gasteiger partial charge in [0, 0.05) is 29.7 Å². The second-order valence-electron chi connectivity index (χ2n) is 4.56. The predicted molar refractivity (Wildman–Crippen MR) is 82.5 cm³/mol. The van der Waals surface area contributed by atoms with E-state index in [1.807, 2.05) is 24.4 Å². The number of fused-ring (bicyclic) bond motifs is 1. The van der Waals surface area contributed by atoms with Crippen molar-refractivity contribution in [3.8, 4) is 0 Å². The molecule has 2 heterocycles. The number of nitrogens with one attached hydrogen (secondary N) is 1. The Morgan fingerprint density at radius 3 is 2.95 bits per heavy atom. The van der Waals surface area contributed by atoms with E-state index in [9.17, 15) is 0 Å². The molecule has 19 heavy (non-hydrogen) atoms. The number of thiophene rings is 1. The lowest BCUT2D eigenvalue weighted by molar-refractivity contribution is 1.14. The fraction of sp³-hybridized carbons (Fsp3) is 0.133. The molecule has 0 unspecified atom stereocenters. The molecule has 4 heteroatoms. The number of nitrogens with two attached hydrogens (primary N) is 1. The molecule has 2 aromatic heterocycles. The van der Waals surface area contributed by atoms with Gasteiger partial charge in [0.15, 0.2) is 0 Å². The van der Waals surface area contributed by atoms with Gasteiger partial charge in [-0.2, -0.15) is 11.3 Å². The zero-order chi connectivity index (χ0) is 13.2. The van der Waals surface area contributed by atoms with E-state index in [2.05, 4.69) is 28.0 Å². The minimum atomic E-state index is 0.785. The van der Waals surface area contributed by atoms with E-state index in [4.69, 9.17) is 5.73 Å². The molecule has 96 valence electrons. The molecule has 0 radical (unpaired) electrons. The van der Waals surface area contributed by atoms with Gasteiger partial charge in [-0.05, 0) is 40.9 Å². The highest BCUT2D eigenvalue weighted by Gasteiger charge is 2.05. The minimum Gasteiger partial charge on any atom is -0.397 e. The average Bonchev–Trinajstić information content (AvgIpc) is 2.84. The summed E-state index contributed by atoms with van der Waals surface area (Å²) in [6.45, 7) is 2.93. The number of hydrogen-bond acceptors (Lipinski definition) is 4. The number of benzene rings is 1. The van der Waals surface area contributed by atoms with Crippen LogP contribution in [0.2, 0.25) is 0 Å². The molecule has 0 aliphatic heterocycles. The van der Waals surface area contributed by atoms with Crippen molar-refractivity contribution in [2.24, 2.45) is 0 Å². The van der Waals surface area contributed by atoms with Gasteiger partial charge in [-0.3, -0.25) is 4.98 Å². The molecule has 0 aliphatic carbocycles. The maximum Gasteiger partial charge on any atom is 0.0630 e. The first-order valence-electron chi connectivity index (χ1n) is 6.13. The Morgan fingerprint density at radius 1 is 1.26 bits per heavy atom. The summed E-state index contributed by atoms with van der Waals surface area (Å²) in [6.07, 6.45) is 3.60. The fourth-order valence-electron chi connectivity index (χ4n) is 2.11. The van der Waals surface area contributed by atoms with Crippen LogP contribution in [-0.2, 0) is 6.54 Å². The highest BCUT2D eigenvalue weighted by molar-refractivity contribution is 7.08. The SMILES string of the molecule is Cc1cscc1CNc1ccc2cnccc2c1N. The third kappa shape index (κ3) is 2.27. The number of hydrogen-bond donors (Lipinski definition) is 2. The van der Waals surface area contributed by atoms with Crippen molar-refractivity contribution in [2.75, 3.05) is 11.1 Å². The molecule has 3 aromatic rings. The first-order chi connectivity index (χ1) is 9.25. The van der Waals surface area contributed by atoms with Gasteiger partial charge in [-0.1, -0.05) is 6.07 Å². The zero-order valence-electron chi connectivity index (χ0n) is 10.7. The monoisotopic (exact) mass is 269 g/mol. The Kier molecular flexibility index (Phi) is 3.09. The van der Waals surface area contributed by atoms with Crippen molar-refractivity contribution in [3.63, 3.8) is 0 Å². The van der Waals surface area contributed by atoms with Crippen LogP contribution in [0.25, 0.3) is 10.8 Å². The molecule has 0 spiro atoms. The second-order valence-corrected chi connectivity index (χ2v) is 5.30. The highest BCUT2D eigenvalue weighted by Crippen LogP contribution is 2.28. The van der Waals surface area contributed by atoms with Gasteiger partial charge in [-0.15, -0.1) is 0 Å². The standard InChI is InChI=1S/C15H15N3S/c1-10-8-19-9-12(10)7-18-14-3-2-11-6-17-5-4-13(11)15(14)16/h2-6,8-9,18H,7,16H2,1H3. The molecule has 3 rings (SSSR count). The topological polar surface area (TPSA) is 50.9 Å². The summed E-state index contributed by atoms with van der Waals surface area (Å²) >= 11 is 1.73. The van der Waals surface area contributed by atoms with Crippen LogP contribution >= 0.6 is 11.3 Å². The van der Waals surface area contributed by atoms with E-state index >= 15 is 0 Å². The Balaban J connectivity index is 1.89. The largest absolute Gasteiger partial charge is 0.397 e. The Hall–Kier alpha value is -2.07. The van der Waals surface area contributed by atoms with Crippen LogP contribution in [0.4, 0.5) is 11.4 Å². The second kappa shape index (κ2) is 4.90. The Bertz CT molecular complexity index is 718. The van der Waals surface area contributed by atoms with Gasteiger partial charge >= 0.3 is 0 Å². The first-order valence-corrected chi connectivity index (χ1v) is 7.08. The van der Waals surface area contributed by atoms with Crippen molar-refractivity contribution in [1.29, 1.82) is 0 Å². The molecule has 0 fully saturated rings. The van der Waals surface area contributed by atoms with Crippen molar-refractivity contribution < 1.29 is 0 Å². The van der Waals surface area contributed by atoms with E-state index in [0.29, 0.717) is 0 Å². The van der Waals surface area contributed by atoms with E-state index in [-0.39, 0.29) is 0 Å². The number of aromatic nitrogens is 1. The van der Waals surface area contributed by atoms with Crippen LogP contribution in [0.15, 0.2) is 41.4 Å². The lowest BCUT2D eigenvalue weighted by atomic mass is 10.1. The number of aryl methyl sites for hydroxylation is 1. The summed E-state index contributed by atoms with van der Waals surface area (Å²) in [7, 11) is 0. The van der Waals surface area contributed by atoms with Crippen molar-refractivity contribution in [1.82, 2.24) is 4.98 Å². The number of nitrogen functional groups attached to an aromatic ring is 1. The summed E-state index contributed by atoms with van der Waals surface area (Å²) in [6, 6.07) is 6.01. The molecule has 0 aliphatic rings. The van der Waals surface area contributed by atoms with Gasteiger partial charge in [0.05, 0.1) is 11.4 Å². The van der Waals surface area contributed by atoms with E-state index in [1.54, 1.807) is 17.5 Å². The van der Waals surface area contributed by atoms with Gasteiger partial charge in [-0.25, -0.2) is 0 Å². The molecular formula is C15H15N3S. The third-order valence-corrected chi connectivity index (χ3v) is 4.20. The van der Waals surface area contributed by atoms with Crippen molar-refractivity contribution in [2.45, 2.75) is 13.5 Å². The molecule has 0 atom stereocenters. The quantitative estimate of drug-likeness (QED) is 0.711. The molecule has 0 saturated carbocycles. The van der Waals surface area contributed by atoms with Crippen LogP contribution in [0.3, 0.4) is 0 Å². The zero-order valence-corrected chi connectivity index (χ0v) is 11.5. The number of anilines is 2. The fourth-order valence-corrected chi connectivity index (χ4v) is 2.96. The third-order valence-electron chi connectivity index (χ3n) is 3.29. The first kappa shape index (κ1) is 12.0. The van der Waals surface area contributed by atoms with Crippen LogP contribution < -0.4 is 11.1 Å². The minimum absolute atomic E-state index is 0.785. The van der Waals surface area contributed by atoms with Gasteiger partial charge in [0.1, 0.15) is 0 Å². The summed E-state index contributed by atoms with van der Waals surface area (Å²) in [5.74, 6) is 0. The molecular weight excluding hydrogens is 254 g/mol. The maximum atomic E-state index is 6.21. The van der Waals surface area contributed by atoms with Crippen molar-refractivity contribution >= 4 is 33.5 Å². The van der Waals surface area contributed by atoms with E-state index in [0.717, 1.165) is 28.7 Å². The Labute approximate surface area is 116 Å². The normalized spacial score (nSPS) is 10.8. The number of rotatable bonds is 3. The molecule has 3 N–H and O–H groups in total. The number of nitrogens with zero attached hydrogens (tertiary/aromatic N) is 1. The number of pyridine rings is 1. The van der Waals surface area contributed by atoms with Gasteiger partial charge in [0.2, 0.25) is 0 Å². The van der Waals surface area contributed by atoms with E-state index < -0.39 is 0 Å². The average molecular weight is 269 g/mol. The summed E-state index contributed by atoms with van der Waals surface area (Å²) in [5, 5.41) is 9.85. The van der Waals surface area contributed by atoms with E-state index in [1.165, 1.54) is 11.1 Å². The highest BCUT2D eigenvalue weighted by atomic mass is 32.1. The van der Waals surface area contributed by atoms with Gasteiger partial charge in [0.25, 0.3) is 0 Å². The maximum absolute atomic E-state index is 6.21. The van der Waals surface area contributed by atoms with Crippen molar-refractivity contribution in [3.05, 3.63) is 52.5 Å². The predicted octanol–water partition coefficient (Wildman–Crippen LogP) is 3.80. The van der Waals surface area contributed by atoms with Crippen LogP contribution in [0.1, 0.15) is 11.1 Å². The molecule has 0 bridgehead atoms. The smallest absolute Gasteiger partial charge is 0.0630 e. The molecule has 1 aromatic carbocycles. The molecule has 0 saturated heterocycles. The molecule has 3 nitrogen and oxygen atoms in total. The summed E-state index contributed by atoms with van der Waals surface area (Å²) < 4.78 is 0. The Morgan fingerprint density at radius 2 is 2.16 bits per heavy atom. The molecule has 0 amide bonds. The van der Waals surface area contributed by atoms with Crippen LogP contribution in [0.5, 0.6) is 0 Å². The summed E-state index contributed by atoms with van der Waals surface area (Å²) in [5.41, 5.74) is 10.6. The van der Waals surface area contributed by atoms with Crippen LogP contribution in [-0.4, -0.2) is 4.98 Å². The lowest BCUT2D eigenvalue weighted by Crippen LogP contribution is -2.03. The summed E-state index contributed by atoms with van der Waals surface area (Å²) in [4.78, 5) is 4.11. The van der Waals surface area contributed by atoms with Crippen LogP contribution in [0, 0.1) is 6.92 Å².